The Bertz CT molecular complexity index is 1050. The fourth-order valence-electron chi connectivity index (χ4n) is 2.95. The molecule has 2 N–H and O–H groups in total. The van der Waals surface area contributed by atoms with Crippen LogP contribution in [0, 0.1) is 12.7 Å². The third-order valence-electron chi connectivity index (χ3n) is 4.62. The number of carboxylic acid groups (broad SMARTS) is 1. The van der Waals surface area contributed by atoms with Gasteiger partial charge < -0.3 is 19.9 Å². The maximum Gasteiger partial charge on any atom is 0.335 e. The Morgan fingerprint density at radius 1 is 1.13 bits per heavy atom. The van der Waals surface area contributed by atoms with Gasteiger partial charge in [-0.05, 0) is 60.5 Å². The van der Waals surface area contributed by atoms with Crippen LogP contribution in [0.5, 0.6) is 11.5 Å². The first-order chi connectivity index (χ1) is 14.4. The van der Waals surface area contributed by atoms with Gasteiger partial charge in [-0.15, -0.1) is 0 Å². The minimum absolute atomic E-state index is 0.0193. The standard InChI is InChI=1S/C23H21ClFNO4/c1-14-10-16(23(27)28)7-8-20(14)26-12-15-6-9-21(22(11-15)29-2)30-13-17-18(24)4-3-5-19(17)25/h3-11,26H,12-13H2,1-2H3,(H,27,28). The monoisotopic (exact) mass is 429 g/mol. The minimum Gasteiger partial charge on any atom is -0.493 e. The average molecular weight is 430 g/mol. The molecule has 0 unspecified atom stereocenters. The predicted molar refractivity (Wildman–Crippen MR) is 114 cm³/mol. The Kier molecular flexibility index (Phi) is 6.79. The van der Waals surface area contributed by atoms with Gasteiger partial charge in [-0.25, -0.2) is 9.18 Å². The van der Waals surface area contributed by atoms with Gasteiger partial charge in [-0.1, -0.05) is 23.7 Å². The molecule has 0 spiro atoms. The highest BCUT2D eigenvalue weighted by molar-refractivity contribution is 6.31. The van der Waals surface area contributed by atoms with E-state index in [0.717, 1.165) is 16.8 Å². The van der Waals surface area contributed by atoms with Crippen LogP contribution >= 0.6 is 11.6 Å². The summed E-state index contributed by atoms with van der Waals surface area (Å²) in [4.78, 5) is 11.1. The van der Waals surface area contributed by atoms with Crippen LogP contribution in [0.25, 0.3) is 0 Å². The van der Waals surface area contributed by atoms with Gasteiger partial charge in [0.15, 0.2) is 11.5 Å². The Hall–Kier alpha value is -3.25. The van der Waals surface area contributed by atoms with E-state index < -0.39 is 11.8 Å². The second kappa shape index (κ2) is 9.50. The van der Waals surface area contributed by atoms with E-state index >= 15 is 0 Å². The lowest BCUT2D eigenvalue weighted by Crippen LogP contribution is -2.04. The molecule has 0 saturated carbocycles. The molecule has 0 aromatic heterocycles. The molecule has 0 aliphatic rings. The van der Waals surface area contributed by atoms with E-state index in [2.05, 4.69) is 5.32 Å². The van der Waals surface area contributed by atoms with E-state index in [9.17, 15) is 9.18 Å². The van der Waals surface area contributed by atoms with E-state index in [1.165, 1.54) is 13.2 Å². The molecule has 3 rings (SSSR count). The Morgan fingerprint density at radius 2 is 1.93 bits per heavy atom. The summed E-state index contributed by atoms with van der Waals surface area (Å²) in [6.07, 6.45) is 0. The molecule has 156 valence electrons. The highest BCUT2D eigenvalue weighted by Crippen LogP contribution is 2.30. The van der Waals surface area contributed by atoms with Crippen LogP contribution in [0.15, 0.2) is 54.6 Å². The van der Waals surface area contributed by atoms with Gasteiger partial charge in [0.05, 0.1) is 17.7 Å². The largest absolute Gasteiger partial charge is 0.493 e. The molecule has 0 aliphatic heterocycles. The lowest BCUT2D eigenvalue weighted by Gasteiger charge is -2.14. The number of aryl methyl sites for hydroxylation is 1. The zero-order valence-corrected chi connectivity index (χ0v) is 17.3. The second-order valence-corrected chi connectivity index (χ2v) is 7.07. The summed E-state index contributed by atoms with van der Waals surface area (Å²) < 4.78 is 25.1. The molecule has 3 aromatic carbocycles. The van der Waals surface area contributed by atoms with E-state index in [1.54, 1.807) is 36.4 Å². The molecular formula is C23H21ClFNO4. The molecule has 5 nitrogen and oxygen atoms in total. The predicted octanol–water partition coefficient (Wildman–Crippen LogP) is 5.69. The van der Waals surface area contributed by atoms with Crippen molar-refractivity contribution in [1.29, 1.82) is 0 Å². The molecule has 0 bridgehead atoms. The van der Waals surface area contributed by atoms with Crippen molar-refractivity contribution >= 4 is 23.3 Å². The van der Waals surface area contributed by atoms with Gasteiger partial charge in [0.2, 0.25) is 0 Å². The first-order valence-corrected chi connectivity index (χ1v) is 9.57. The van der Waals surface area contributed by atoms with Crippen LogP contribution in [0.1, 0.15) is 27.0 Å². The summed E-state index contributed by atoms with van der Waals surface area (Å²) in [5.74, 6) is -0.393. The number of benzene rings is 3. The number of anilines is 1. The number of carboxylic acids is 1. The van der Waals surface area contributed by atoms with Gasteiger partial charge in [-0.2, -0.15) is 0 Å². The number of methoxy groups -OCH3 is 1. The highest BCUT2D eigenvalue weighted by Gasteiger charge is 2.11. The summed E-state index contributed by atoms with van der Waals surface area (Å²) in [6, 6.07) is 14.9. The smallest absolute Gasteiger partial charge is 0.335 e. The van der Waals surface area contributed by atoms with Gasteiger partial charge >= 0.3 is 5.97 Å². The van der Waals surface area contributed by atoms with Crippen LogP contribution in [0.4, 0.5) is 10.1 Å². The van der Waals surface area contributed by atoms with Crippen molar-refractivity contribution in [3.05, 3.63) is 87.7 Å². The quantitative estimate of drug-likeness (QED) is 0.481. The fraction of sp³-hybridized carbons (Fsp3) is 0.174. The fourth-order valence-corrected chi connectivity index (χ4v) is 3.17. The Morgan fingerprint density at radius 3 is 2.60 bits per heavy atom. The van der Waals surface area contributed by atoms with Crippen LogP contribution in [0.3, 0.4) is 0 Å². The molecular weight excluding hydrogens is 409 g/mol. The number of hydrogen-bond acceptors (Lipinski definition) is 4. The molecule has 0 radical (unpaired) electrons. The van der Waals surface area contributed by atoms with E-state index in [0.29, 0.717) is 23.1 Å². The van der Waals surface area contributed by atoms with Crippen LogP contribution in [0.2, 0.25) is 5.02 Å². The maximum absolute atomic E-state index is 13.9. The average Bonchev–Trinajstić information content (AvgIpc) is 2.72. The summed E-state index contributed by atoms with van der Waals surface area (Å²) in [5, 5.41) is 12.7. The Labute approximate surface area is 179 Å². The molecule has 0 atom stereocenters. The molecule has 7 heteroatoms. The Balaban J connectivity index is 1.69. The molecule has 0 aliphatic carbocycles. The van der Waals surface area contributed by atoms with Gasteiger partial charge in [-0.3, -0.25) is 0 Å². The van der Waals surface area contributed by atoms with Crippen molar-refractivity contribution < 1.29 is 23.8 Å². The van der Waals surface area contributed by atoms with Gasteiger partial charge in [0.25, 0.3) is 0 Å². The number of halogens is 2. The molecule has 0 saturated heterocycles. The van der Waals surface area contributed by atoms with Crippen molar-refractivity contribution in [2.75, 3.05) is 12.4 Å². The lowest BCUT2D eigenvalue weighted by molar-refractivity contribution is 0.0697. The number of carbonyl (C=O) groups is 1. The summed E-state index contributed by atoms with van der Waals surface area (Å²) >= 11 is 6.04. The van der Waals surface area contributed by atoms with Crippen molar-refractivity contribution in [2.45, 2.75) is 20.1 Å². The zero-order valence-electron chi connectivity index (χ0n) is 16.5. The summed E-state index contributed by atoms with van der Waals surface area (Å²) in [7, 11) is 1.53. The third kappa shape index (κ3) is 5.02. The number of nitrogens with one attached hydrogen (secondary N) is 1. The first kappa shape index (κ1) is 21.5. The van der Waals surface area contributed by atoms with Crippen molar-refractivity contribution in [3.63, 3.8) is 0 Å². The van der Waals surface area contributed by atoms with Crippen LogP contribution in [-0.4, -0.2) is 18.2 Å². The van der Waals surface area contributed by atoms with E-state index in [1.807, 2.05) is 19.1 Å². The molecule has 0 heterocycles. The van der Waals surface area contributed by atoms with Gasteiger partial charge in [0.1, 0.15) is 12.4 Å². The third-order valence-corrected chi connectivity index (χ3v) is 4.97. The van der Waals surface area contributed by atoms with Gasteiger partial charge in [0, 0.05) is 17.8 Å². The number of aromatic carboxylic acids is 1. The SMILES string of the molecule is COc1cc(CNc2ccc(C(=O)O)cc2C)ccc1OCc1c(F)cccc1Cl. The van der Waals surface area contributed by atoms with E-state index in [-0.39, 0.29) is 17.7 Å². The van der Waals surface area contributed by atoms with Crippen molar-refractivity contribution in [1.82, 2.24) is 0 Å². The molecule has 30 heavy (non-hydrogen) atoms. The second-order valence-electron chi connectivity index (χ2n) is 6.66. The zero-order chi connectivity index (χ0) is 21.7. The maximum atomic E-state index is 13.9. The van der Waals surface area contributed by atoms with Crippen LogP contribution < -0.4 is 14.8 Å². The first-order valence-electron chi connectivity index (χ1n) is 9.19. The highest BCUT2D eigenvalue weighted by atomic mass is 35.5. The molecule has 0 amide bonds. The minimum atomic E-state index is -0.957. The van der Waals surface area contributed by atoms with Crippen molar-refractivity contribution in [3.8, 4) is 11.5 Å². The normalized spacial score (nSPS) is 10.5. The summed E-state index contributed by atoms with van der Waals surface area (Å²) in [5.41, 5.74) is 3.14. The summed E-state index contributed by atoms with van der Waals surface area (Å²) in [6.45, 7) is 2.33. The number of hydrogen-bond donors (Lipinski definition) is 2. The van der Waals surface area contributed by atoms with Crippen LogP contribution in [-0.2, 0) is 13.2 Å². The molecule has 0 fully saturated rings. The topological polar surface area (TPSA) is 67.8 Å². The number of ether oxygens (including phenoxy) is 2. The van der Waals surface area contributed by atoms with E-state index in [4.69, 9.17) is 26.2 Å². The number of rotatable bonds is 8. The van der Waals surface area contributed by atoms with Crippen molar-refractivity contribution in [2.24, 2.45) is 0 Å². The lowest BCUT2D eigenvalue weighted by atomic mass is 10.1. The molecule has 3 aromatic rings.